The molecule has 0 radical (unpaired) electrons. The second-order valence-electron chi connectivity index (χ2n) is 3.85. The van der Waals surface area contributed by atoms with Crippen LogP contribution in [-0.2, 0) is 0 Å². The molecule has 0 aliphatic heterocycles. The van der Waals surface area contributed by atoms with Crippen molar-refractivity contribution in [3.8, 4) is 0 Å². The highest BCUT2D eigenvalue weighted by molar-refractivity contribution is 9.09. The molecule has 0 bridgehead atoms. The van der Waals surface area contributed by atoms with E-state index in [-0.39, 0.29) is 5.91 Å². The summed E-state index contributed by atoms with van der Waals surface area (Å²) in [6.07, 6.45) is 6.38. The summed E-state index contributed by atoms with van der Waals surface area (Å²) in [7, 11) is 0. The van der Waals surface area contributed by atoms with Gasteiger partial charge in [0.2, 0.25) is 0 Å². The topological polar surface area (TPSA) is 42.2 Å². The monoisotopic (exact) mass is 287 g/mol. The largest absolute Gasteiger partial charge is 0.472 e. The minimum Gasteiger partial charge on any atom is -0.472 e. The highest BCUT2D eigenvalue weighted by Crippen LogP contribution is 2.12. The standard InChI is InChI=1S/C12H18BrNO2/c1-2-3-10(4-6-13)8-14-12(15)11-5-7-16-9-11/h5,7,9-10H,2-4,6,8H2,1H3,(H,14,15). The van der Waals surface area contributed by atoms with Gasteiger partial charge in [-0.2, -0.15) is 0 Å². The predicted molar refractivity (Wildman–Crippen MR) is 67.9 cm³/mol. The van der Waals surface area contributed by atoms with E-state index in [1.807, 2.05) is 0 Å². The van der Waals surface area contributed by atoms with Gasteiger partial charge >= 0.3 is 0 Å². The van der Waals surface area contributed by atoms with Gasteiger partial charge in [-0.3, -0.25) is 4.79 Å². The lowest BCUT2D eigenvalue weighted by atomic mass is 10.0. The number of nitrogens with one attached hydrogen (secondary N) is 1. The van der Waals surface area contributed by atoms with Gasteiger partial charge in [0.05, 0.1) is 11.8 Å². The zero-order valence-corrected chi connectivity index (χ0v) is 11.1. The van der Waals surface area contributed by atoms with Crippen LogP contribution in [0, 0.1) is 5.92 Å². The van der Waals surface area contributed by atoms with Gasteiger partial charge < -0.3 is 9.73 Å². The molecule has 1 atom stereocenters. The maximum absolute atomic E-state index is 11.6. The molecule has 0 aromatic carbocycles. The molecule has 3 nitrogen and oxygen atoms in total. The molecule has 90 valence electrons. The lowest BCUT2D eigenvalue weighted by Crippen LogP contribution is -2.29. The molecule has 1 N–H and O–H groups in total. The minimum atomic E-state index is -0.0515. The quantitative estimate of drug-likeness (QED) is 0.783. The van der Waals surface area contributed by atoms with Crippen molar-refractivity contribution in [1.82, 2.24) is 5.32 Å². The highest BCUT2D eigenvalue weighted by Gasteiger charge is 2.11. The normalized spacial score (nSPS) is 12.4. The zero-order chi connectivity index (χ0) is 11.8. The van der Waals surface area contributed by atoms with Crippen molar-refractivity contribution in [2.45, 2.75) is 26.2 Å². The number of carbonyl (C=O) groups is 1. The number of alkyl halides is 1. The number of halogens is 1. The molecule has 0 saturated carbocycles. The van der Waals surface area contributed by atoms with Crippen molar-refractivity contribution >= 4 is 21.8 Å². The molecule has 1 amide bonds. The fraction of sp³-hybridized carbons (Fsp3) is 0.583. The van der Waals surface area contributed by atoms with Gasteiger partial charge in [0.1, 0.15) is 6.26 Å². The Morgan fingerprint density at radius 3 is 2.94 bits per heavy atom. The summed E-state index contributed by atoms with van der Waals surface area (Å²) in [6, 6.07) is 1.68. The number of rotatable bonds is 7. The molecule has 1 heterocycles. The molecular formula is C12H18BrNO2. The summed E-state index contributed by atoms with van der Waals surface area (Å²) < 4.78 is 4.87. The number of amides is 1. The van der Waals surface area contributed by atoms with Crippen LogP contribution in [0.25, 0.3) is 0 Å². The summed E-state index contributed by atoms with van der Waals surface area (Å²) in [6.45, 7) is 2.91. The molecule has 1 rings (SSSR count). The van der Waals surface area contributed by atoms with Gasteiger partial charge in [0.15, 0.2) is 0 Å². The van der Waals surface area contributed by atoms with Gasteiger partial charge in [-0.1, -0.05) is 29.3 Å². The Hall–Kier alpha value is -0.770. The van der Waals surface area contributed by atoms with Crippen LogP contribution in [0.1, 0.15) is 36.5 Å². The summed E-state index contributed by atoms with van der Waals surface area (Å²) in [5.74, 6) is 0.504. The van der Waals surface area contributed by atoms with Gasteiger partial charge in [-0.15, -0.1) is 0 Å². The van der Waals surface area contributed by atoms with Crippen molar-refractivity contribution < 1.29 is 9.21 Å². The van der Waals surface area contributed by atoms with Gasteiger partial charge in [-0.25, -0.2) is 0 Å². The molecule has 4 heteroatoms. The average Bonchev–Trinajstić information content (AvgIpc) is 2.79. The van der Waals surface area contributed by atoms with E-state index in [1.54, 1.807) is 6.07 Å². The van der Waals surface area contributed by atoms with E-state index in [4.69, 9.17) is 4.42 Å². The number of furan rings is 1. The Labute approximate surface area is 105 Å². The third-order valence-electron chi connectivity index (χ3n) is 2.55. The van der Waals surface area contributed by atoms with Crippen LogP contribution in [0.3, 0.4) is 0 Å². The molecule has 1 aromatic heterocycles. The first kappa shape index (κ1) is 13.3. The summed E-state index contributed by atoms with van der Waals surface area (Å²) in [4.78, 5) is 11.6. The van der Waals surface area contributed by atoms with Crippen molar-refractivity contribution in [1.29, 1.82) is 0 Å². The number of hydrogen-bond acceptors (Lipinski definition) is 2. The Balaban J connectivity index is 2.34. The van der Waals surface area contributed by atoms with E-state index in [9.17, 15) is 4.79 Å². The Kier molecular flexibility index (Phi) is 6.23. The van der Waals surface area contributed by atoms with Crippen LogP contribution in [0.5, 0.6) is 0 Å². The summed E-state index contributed by atoms with van der Waals surface area (Å²) in [5.41, 5.74) is 0.592. The zero-order valence-electron chi connectivity index (χ0n) is 9.54. The summed E-state index contributed by atoms with van der Waals surface area (Å²) in [5, 5.41) is 3.92. The van der Waals surface area contributed by atoms with E-state index < -0.39 is 0 Å². The van der Waals surface area contributed by atoms with E-state index in [0.29, 0.717) is 11.5 Å². The van der Waals surface area contributed by atoms with Crippen LogP contribution in [0.4, 0.5) is 0 Å². The van der Waals surface area contributed by atoms with Crippen molar-refractivity contribution in [3.63, 3.8) is 0 Å². The second kappa shape index (κ2) is 7.49. The van der Waals surface area contributed by atoms with Crippen molar-refractivity contribution in [3.05, 3.63) is 24.2 Å². The van der Waals surface area contributed by atoms with E-state index >= 15 is 0 Å². The fourth-order valence-electron chi connectivity index (χ4n) is 1.64. The SMILES string of the molecule is CCCC(CCBr)CNC(=O)c1ccoc1. The molecule has 0 fully saturated rings. The van der Waals surface area contributed by atoms with Crippen LogP contribution >= 0.6 is 15.9 Å². The first-order valence-corrected chi connectivity index (χ1v) is 6.76. The van der Waals surface area contributed by atoms with Gasteiger partial charge in [0.25, 0.3) is 5.91 Å². The van der Waals surface area contributed by atoms with Crippen LogP contribution in [0.2, 0.25) is 0 Å². The average molecular weight is 288 g/mol. The lowest BCUT2D eigenvalue weighted by molar-refractivity contribution is 0.0945. The summed E-state index contributed by atoms with van der Waals surface area (Å²) >= 11 is 3.44. The highest BCUT2D eigenvalue weighted by atomic mass is 79.9. The Bertz CT molecular complexity index is 292. The van der Waals surface area contributed by atoms with E-state index in [0.717, 1.165) is 31.1 Å². The maximum Gasteiger partial charge on any atom is 0.254 e. The minimum absolute atomic E-state index is 0.0515. The van der Waals surface area contributed by atoms with Crippen LogP contribution in [0.15, 0.2) is 23.0 Å². The molecule has 0 aliphatic rings. The Morgan fingerprint density at radius 2 is 2.38 bits per heavy atom. The third kappa shape index (κ3) is 4.39. The number of hydrogen-bond donors (Lipinski definition) is 1. The molecule has 1 aromatic rings. The molecule has 1 unspecified atom stereocenters. The molecule has 16 heavy (non-hydrogen) atoms. The molecule has 0 spiro atoms. The number of carbonyl (C=O) groups excluding carboxylic acids is 1. The van der Waals surface area contributed by atoms with Crippen LogP contribution in [-0.4, -0.2) is 17.8 Å². The second-order valence-corrected chi connectivity index (χ2v) is 4.65. The van der Waals surface area contributed by atoms with Gasteiger partial charge in [-0.05, 0) is 24.8 Å². The first-order chi connectivity index (χ1) is 7.77. The van der Waals surface area contributed by atoms with Gasteiger partial charge in [0, 0.05) is 11.9 Å². The van der Waals surface area contributed by atoms with Crippen LogP contribution < -0.4 is 5.32 Å². The smallest absolute Gasteiger partial charge is 0.254 e. The van der Waals surface area contributed by atoms with E-state index in [1.165, 1.54) is 12.5 Å². The van der Waals surface area contributed by atoms with Crippen molar-refractivity contribution in [2.75, 3.05) is 11.9 Å². The predicted octanol–water partition coefficient (Wildman–Crippen LogP) is 3.21. The fourth-order valence-corrected chi connectivity index (χ4v) is 2.29. The molecule has 0 aliphatic carbocycles. The molecule has 0 saturated heterocycles. The first-order valence-electron chi connectivity index (χ1n) is 5.64. The third-order valence-corrected chi connectivity index (χ3v) is 3.01. The maximum atomic E-state index is 11.6. The molecular weight excluding hydrogens is 270 g/mol. The Morgan fingerprint density at radius 1 is 1.56 bits per heavy atom. The van der Waals surface area contributed by atoms with E-state index in [2.05, 4.69) is 28.2 Å². The van der Waals surface area contributed by atoms with Crippen molar-refractivity contribution in [2.24, 2.45) is 5.92 Å². The lowest BCUT2D eigenvalue weighted by Gasteiger charge is -2.15.